The summed E-state index contributed by atoms with van der Waals surface area (Å²) in [6, 6.07) is 0.299. The average Bonchev–Trinajstić information content (AvgIpc) is 2.18. The Hall–Kier alpha value is -0.220. The van der Waals surface area contributed by atoms with E-state index in [0.717, 1.165) is 19.4 Å². The number of piperidine rings is 1. The monoisotopic (exact) mass is 202 g/mol. The van der Waals surface area contributed by atoms with E-state index in [2.05, 4.69) is 0 Å². The van der Waals surface area contributed by atoms with Crippen LogP contribution in [0.2, 0.25) is 0 Å². The van der Waals surface area contributed by atoms with E-state index in [0.29, 0.717) is 18.3 Å². The predicted octanol–water partition coefficient (Wildman–Crippen LogP) is 0.689. The van der Waals surface area contributed by atoms with Crippen molar-refractivity contribution in [1.29, 1.82) is 0 Å². The van der Waals surface area contributed by atoms with Crippen LogP contribution >= 0.6 is 11.8 Å². The van der Waals surface area contributed by atoms with Crippen molar-refractivity contribution >= 4 is 17.7 Å². The number of rotatable bonds is 3. The molecule has 0 aliphatic carbocycles. The number of thioether (sulfide) groups is 1. The SMILES string of the molecule is CSCC(=O)N1CCCCC1CN. The van der Waals surface area contributed by atoms with E-state index in [4.69, 9.17) is 5.73 Å². The zero-order valence-electron chi connectivity index (χ0n) is 8.16. The highest BCUT2D eigenvalue weighted by atomic mass is 32.2. The van der Waals surface area contributed by atoms with Gasteiger partial charge in [0.1, 0.15) is 0 Å². The average molecular weight is 202 g/mol. The number of nitrogens with zero attached hydrogens (tertiary/aromatic N) is 1. The van der Waals surface area contributed by atoms with Crippen LogP contribution in [0.5, 0.6) is 0 Å². The Kier molecular flexibility index (Phi) is 4.59. The molecule has 1 amide bonds. The van der Waals surface area contributed by atoms with Gasteiger partial charge in [-0.3, -0.25) is 4.79 Å². The van der Waals surface area contributed by atoms with Crippen LogP contribution in [-0.4, -0.2) is 41.9 Å². The summed E-state index contributed by atoms with van der Waals surface area (Å²) < 4.78 is 0. The molecule has 1 atom stereocenters. The van der Waals surface area contributed by atoms with E-state index in [1.165, 1.54) is 6.42 Å². The molecule has 0 aromatic rings. The minimum Gasteiger partial charge on any atom is -0.338 e. The summed E-state index contributed by atoms with van der Waals surface area (Å²) in [6.07, 6.45) is 5.39. The molecule has 0 bridgehead atoms. The van der Waals surface area contributed by atoms with Gasteiger partial charge in [-0.15, -0.1) is 0 Å². The minimum atomic E-state index is 0.252. The highest BCUT2D eigenvalue weighted by Crippen LogP contribution is 2.16. The molecular weight excluding hydrogens is 184 g/mol. The van der Waals surface area contributed by atoms with Crippen molar-refractivity contribution in [3.8, 4) is 0 Å². The number of amides is 1. The van der Waals surface area contributed by atoms with E-state index >= 15 is 0 Å². The van der Waals surface area contributed by atoms with Crippen LogP contribution in [0.15, 0.2) is 0 Å². The third-order valence-electron chi connectivity index (χ3n) is 2.49. The second-order valence-electron chi connectivity index (χ2n) is 3.41. The fraction of sp³-hybridized carbons (Fsp3) is 0.889. The lowest BCUT2D eigenvalue weighted by Crippen LogP contribution is -2.48. The summed E-state index contributed by atoms with van der Waals surface area (Å²) in [6.45, 7) is 1.52. The Labute approximate surface area is 84.0 Å². The van der Waals surface area contributed by atoms with E-state index in [1.807, 2.05) is 11.2 Å². The Balaban J connectivity index is 2.48. The summed E-state index contributed by atoms with van der Waals surface area (Å²) in [5.41, 5.74) is 5.63. The standard InChI is InChI=1S/C9H18N2OS/c1-13-7-9(12)11-5-3-2-4-8(11)6-10/h8H,2-7,10H2,1H3. The molecule has 1 aliphatic heterocycles. The molecule has 4 heteroatoms. The van der Waals surface area contributed by atoms with Gasteiger partial charge < -0.3 is 10.6 Å². The summed E-state index contributed by atoms with van der Waals surface area (Å²) >= 11 is 1.58. The number of carbonyl (C=O) groups is 1. The van der Waals surface area contributed by atoms with Gasteiger partial charge in [0.15, 0.2) is 0 Å². The van der Waals surface area contributed by atoms with Gasteiger partial charge in [0, 0.05) is 19.1 Å². The lowest BCUT2D eigenvalue weighted by atomic mass is 10.0. The Morgan fingerprint density at radius 3 is 3.00 bits per heavy atom. The molecule has 1 heterocycles. The molecular formula is C9H18N2OS. The van der Waals surface area contributed by atoms with Gasteiger partial charge in [-0.05, 0) is 25.5 Å². The van der Waals surface area contributed by atoms with Gasteiger partial charge in [0.05, 0.1) is 5.75 Å². The molecule has 0 aromatic heterocycles. The first-order valence-electron chi connectivity index (χ1n) is 4.78. The van der Waals surface area contributed by atoms with Crippen molar-refractivity contribution in [2.75, 3.05) is 25.1 Å². The second kappa shape index (κ2) is 5.50. The summed E-state index contributed by atoms with van der Waals surface area (Å²) in [7, 11) is 0. The maximum absolute atomic E-state index is 11.6. The zero-order chi connectivity index (χ0) is 9.68. The van der Waals surface area contributed by atoms with Crippen LogP contribution in [0, 0.1) is 0 Å². The van der Waals surface area contributed by atoms with Crippen molar-refractivity contribution < 1.29 is 4.79 Å². The van der Waals surface area contributed by atoms with Crippen molar-refractivity contribution in [2.45, 2.75) is 25.3 Å². The number of nitrogens with two attached hydrogens (primary N) is 1. The van der Waals surface area contributed by atoms with Crippen molar-refractivity contribution in [2.24, 2.45) is 5.73 Å². The lowest BCUT2D eigenvalue weighted by molar-refractivity contribution is -0.131. The fourth-order valence-electron chi connectivity index (χ4n) is 1.78. The van der Waals surface area contributed by atoms with Crippen molar-refractivity contribution in [3.05, 3.63) is 0 Å². The molecule has 13 heavy (non-hydrogen) atoms. The summed E-state index contributed by atoms with van der Waals surface area (Å²) in [5, 5.41) is 0. The van der Waals surface area contributed by atoms with Gasteiger partial charge in [-0.1, -0.05) is 0 Å². The molecule has 1 aliphatic rings. The molecule has 0 radical (unpaired) electrons. The molecule has 76 valence electrons. The molecule has 0 saturated carbocycles. The normalized spacial score (nSPS) is 23.2. The minimum absolute atomic E-state index is 0.252. The van der Waals surface area contributed by atoms with Gasteiger partial charge in [0.25, 0.3) is 0 Å². The quantitative estimate of drug-likeness (QED) is 0.732. The maximum atomic E-state index is 11.6. The second-order valence-corrected chi connectivity index (χ2v) is 4.27. The van der Waals surface area contributed by atoms with E-state index in [9.17, 15) is 4.79 Å². The number of likely N-dealkylation sites (tertiary alicyclic amines) is 1. The topological polar surface area (TPSA) is 46.3 Å². The number of hydrogen-bond acceptors (Lipinski definition) is 3. The Morgan fingerprint density at radius 1 is 1.62 bits per heavy atom. The van der Waals surface area contributed by atoms with Gasteiger partial charge >= 0.3 is 0 Å². The van der Waals surface area contributed by atoms with Gasteiger partial charge in [0.2, 0.25) is 5.91 Å². The van der Waals surface area contributed by atoms with Crippen LogP contribution in [0.25, 0.3) is 0 Å². The van der Waals surface area contributed by atoms with Crippen LogP contribution in [0.4, 0.5) is 0 Å². The summed E-state index contributed by atoms with van der Waals surface area (Å²) in [5.74, 6) is 0.846. The smallest absolute Gasteiger partial charge is 0.232 e. The van der Waals surface area contributed by atoms with E-state index in [1.54, 1.807) is 11.8 Å². The molecule has 0 spiro atoms. The Bertz CT molecular complexity index is 175. The highest BCUT2D eigenvalue weighted by molar-refractivity contribution is 7.99. The summed E-state index contributed by atoms with van der Waals surface area (Å²) in [4.78, 5) is 13.6. The molecule has 1 fully saturated rings. The zero-order valence-corrected chi connectivity index (χ0v) is 8.98. The first kappa shape index (κ1) is 10.9. The highest BCUT2D eigenvalue weighted by Gasteiger charge is 2.24. The van der Waals surface area contributed by atoms with Crippen LogP contribution in [0.1, 0.15) is 19.3 Å². The van der Waals surface area contributed by atoms with Crippen molar-refractivity contribution in [3.63, 3.8) is 0 Å². The first-order chi connectivity index (χ1) is 6.29. The number of carbonyl (C=O) groups excluding carboxylic acids is 1. The largest absolute Gasteiger partial charge is 0.338 e. The number of hydrogen-bond donors (Lipinski definition) is 1. The van der Waals surface area contributed by atoms with Gasteiger partial charge in [-0.2, -0.15) is 11.8 Å². The molecule has 3 nitrogen and oxygen atoms in total. The van der Waals surface area contributed by atoms with Crippen molar-refractivity contribution in [1.82, 2.24) is 4.90 Å². The van der Waals surface area contributed by atoms with Gasteiger partial charge in [-0.25, -0.2) is 0 Å². The molecule has 2 N–H and O–H groups in total. The van der Waals surface area contributed by atoms with Crippen LogP contribution in [-0.2, 0) is 4.79 Å². The lowest BCUT2D eigenvalue weighted by Gasteiger charge is -2.34. The predicted molar refractivity (Wildman–Crippen MR) is 56.8 cm³/mol. The molecule has 1 saturated heterocycles. The molecule has 0 aromatic carbocycles. The maximum Gasteiger partial charge on any atom is 0.232 e. The fourth-order valence-corrected chi connectivity index (χ4v) is 2.19. The molecule has 1 rings (SSSR count). The van der Waals surface area contributed by atoms with E-state index < -0.39 is 0 Å². The Morgan fingerprint density at radius 2 is 2.38 bits per heavy atom. The third-order valence-corrected chi connectivity index (χ3v) is 3.02. The van der Waals surface area contributed by atoms with Crippen LogP contribution < -0.4 is 5.73 Å². The van der Waals surface area contributed by atoms with E-state index in [-0.39, 0.29) is 5.91 Å². The third kappa shape index (κ3) is 2.88. The first-order valence-corrected chi connectivity index (χ1v) is 6.17. The van der Waals surface area contributed by atoms with Crippen LogP contribution in [0.3, 0.4) is 0 Å². The molecule has 1 unspecified atom stereocenters.